The maximum atomic E-state index is 12.7. The number of amides is 2. The van der Waals surface area contributed by atoms with Crippen molar-refractivity contribution >= 4 is 24.2 Å². The molecule has 0 saturated carbocycles. The van der Waals surface area contributed by atoms with Gasteiger partial charge in [0.15, 0.2) is 0 Å². The lowest BCUT2D eigenvalue weighted by Gasteiger charge is -2.27. The summed E-state index contributed by atoms with van der Waals surface area (Å²) in [6.07, 6.45) is 0.180. The molecule has 2 aliphatic heterocycles. The molecule has 30 heavy (non-hydrogen) atoms. The van der Waals surface area contributed by atoms with Gasteiger partial charge in [0, 0.05) is 13.0 Å². The molecule has 2 aliphatic rings. The fraction of sp³-hybridized carbons (Fsp3) is 0.500. The summed E-state index contributed by atoms with van der Waals surface area (Å²) in [5.74, 6) is -0.566. The van der Waals surface area contributed by atoms with E-state index >= 15 is 0 Å². The van der Waals surface area contributed by atoms with E-state index in [2.05, 4.69) is 6.58 Å². The Morgan fingerprint density at radius 3 is 2.53 bits per heavy atom. The Kier molecular flexibility index (Phi) is 6.05. The molecule has 2 amide bonds. The first-order chi connectivity index (χ1) is 14.1. The average molecular weight is 416 g/mol. The lowest BCUT2D eigenvalue weighted by Crippen LogP contribution is -2.44. The highest BCUT2D eigenvalue weighted by Gasteiger charge is 2.44. The summed E-state index contributed by atoms with van der Waals surface area (Å²) >= 11 is 0. The number of likely N-dealkylation sites (tertiary alicyclic amines) is 1. The highest BCUT2D eigenvalue weighted by atomic mass is 16.6. The van der Waals surface area contributed by atoms with E-state index in [-0.39, 0.29) is 13.0 Å². The molecule has 8 nitrogen and oxygen atoms in total. The van der Waals surface area contributed by atoms with Crippen molar-refractivity contribution in [3.63, 3.8) is 0 Å². The van der Waals surface area contributed by atoms with Gasteiger partial charge in [-0.3, -0.25) is 9.80 Å². The molecule has 0 spiro atoms. The summed E-state index contributed by atoms with van der Waals surface area (Å²) in [4.78, 5) is 40.3. The molecule has 8 heteroatoms. The molecule has 1 fully saturated rings. The first kappa shape index (κ1) is 21.7. The minimum absolute atomic E-state index is 0.0686. The van der Waals surface area contributed by atoms with Crippen molar-refractivity contribution in [2.75, 3.05) is 13.7 Å². The number of rotatable bonds is 3. The van der Waals surface area contributed by atoms with E-state index in [1.165, 1.54) is 12.0 Å². The number of fused-ring (bicyclic) bond motifs is 1. The molecule has 0 aliphatic carbocycles. The van der Waals surface area contributed by atoms with Crippen LogP contribution in [0.4, 0.5) is 9.59 Å². The van der Waals surface area contributed by atoms with Gasteiger partial charge in [0.2, 0.25) is 0 Å². The summed E-state index contributed by atoms with van der Waals surface area (Å²) in [6, 6.07) is 5.01. The van der Waals surface area contributed by atoms with Gasteiger partial charge in [-0.2, -0.15) is 0 Å². The maximum absolute atomic E-state index is 12.7. The molecule has 1 aromatic rings. The number of methoxy groups -OCH3 is 1. The van der Waals surface area contributed by atoms with Crippen molar-refractivity contribution < 1.29 is 28.6 Å². The van der Waals surface area contributed by atoms with E-state index in [1.807, 2.05) is 18.2 Å². The number of benzene rings is 1. The SMILES string of the molecule is C=Cc1cccc2c1CN(C(=O)OC1CC(C(=O)OC)N(C(=O)OC(C)(C)C)C1)C2. The van der Waals surface area contributed by atoms with Crippen LogP contribution in [0.1, 0.15) is 43.9 Å². The summed E-state index contributed by atoms with van der Waals surface area (Å²) in [6.45, 7) is 9.99. The normalized spacial score (nSPS) is 20.5. The van der Waals surface area contributed by atoms with Crippen LogP contribution in [-0.4, -0.2) is 59.4 Å². The molecule has 2 heterocycles. The lowest BCUT2D eigenvalue weighted by molar-refractivity contribution is -0.145. The quantitative estimate of drug-likeness (QED) is 0.555. The Morgan fingerprint density at radius 1 is 1.17 bits per heavy atom. The summed E-state index contributed by atoms with van der Waals surface area (Å²) in [7, 11) is 1.26. The third-order valence-electron chi connectivity index (χ3n) is 5.13. The Morgan fingerprint density at radius 2 is 1.90 bits per heavy atom. The van der Waals surface area contributed by atoms with Crippen LogP contribution in [0.3, 0.4) is 0 Å². The van der Waals surface area contributed by atoms with Gasteiger partial charge in [-0.1, -0.05) is 30.9 Å². The molecule has 1 saturated heterocycles. The average Bonchev–Trinajstić information content (AvgIpc) is 3.30. The molecule has 0 N–H and O–H groups in total. The van der Waals surface area contributed by atoms with Crippen LogP contribution in [0.15, 0.2) is 24.8 Å². The molecule has 3 rings (SSSR count). The number of carbonyl (C=O) groups is 3. The molecule has 2 atom stereocenters. The second kappa shape index (κ2) is 8.38. The predicted molar refractivity (Wildman–Crippen MR) is 109 cm³/mol. The van der Waals surface area contributed by atoms with E-state index < -0.39 is 35.9 Å². The van der Waals surface area contributed by atoms with Crippen LogP contribution < -0.4 is 0 Å². The molecular weight excluding hydrogens is 388 g/mol. The number of esters is 1. The molecule has 0 aromatic heterocycles. The van der Waals surface area contributed by atoms with Crippen LogP contribution >= 0.6 is 0 Å². The Balaban J connectivity index is 1.66. The Hall–Kier alpha value is -3.03. The predicted octanol–water partition coefficient (Wildman–Crippen LogP) is 3.33. The van der Waals surface area contributed by atoms with Gasteiger partial charge in [-0.25, -0.2) is 14.4 Å². The van der Waals surface area contributed by atoms with E-state index in [0.717, 1.165) is 16.7 Å². The summed E-state index contributed by atoms with van der Waals surface area (Å²) in [5.41, 5.74) is 2.39. The van der Waals surface area contributed by atoms with Gasteiger partial charge in [0.25, 0.3) is 0 Å². The van der Waals surface area contributed by atoms with E-state index in [9.17, 15) is 14.4 Å². The zero-order valence-electron chi connectivity index (χ0n) is 17.8. The summed E-state index contributed by atoms with van der Waals surface area (Å²) < 4.78 is 15.8. The van der Waals surface area contributed by atoms with Crippen molar-refractivity contribution in [3.8, 4) is 0 Å². The number of ether oxygens (including phenoxy) is 3. The molecule has 2 unspecified atom stereocenters. The molecule has 162 valence electrons. The van der Waals surface area contributed by atoms with Gasteiger partial charge < -0.3 is 14.2 Å². The Labute approximate surface area is 176 Å². The smallest absolute Gasteiger partial charge is 0.411 e. The van der Waals surface area contributed by atoms with Crippen molar-refractivity contribution in [1.29, 1.82) is 0 Å². The second-order valence-corrected chi connectivity index (χ2v) is 8.46. The highest BCUT2D eigenvalue weighted by molar-refractivity contribution is 5.82. The zero-order chi connectivity index (χ0) is 22.1. The fourth-order valence-corrected chi connectivity index (χ4v) is 3.75. The molecular formula is C22H28N2O6. The van der Waals surface area contributed by atoms with Gasteiger partial charge in [-0.05, 0) is 37.5 Å². The van der Waals surface area contributed by atoms with Gasteiger partial charge in [-0.15, -0.1) is 0 Å². The lowest BCUT2D eigenvalue weighted by atomic mass is 10.0. The monoisotopic (exact) mass is 416 g/mol. The van der Waals surface area contributed by atoms with Crippen molar-refractivity contribution in [1.82, 2.24) is 9.80 Å². The standard InChI is InChI=1S/C22H28N2O6/c1-6-14-8-7-9-15-11-23(13-17(14)15)20(26)29-16-10-18(19(25)28-5)24(12-16)21(27)30-22(2,3)4/h6-9,16,18H,1,10-13H2,2-5H3. The molecule has 1 aromatic carbocycles. The number of hydrogen-bond acceptors (Lipinski definition) is 6. The van der Waals surface area contributed by atoms with Crippen LogP contribution in [0.2, 0.25) is 0 Å². The van der Waals surface area contributed by atoms with Crippen LogP contribution in [0, 0.1) is 0 Å². The number of nitrogens with zero attached hydrogens (tertiary/aromatic N) is 2. The van der Waals surface area contributed by atoms with Gasteiger partial charge in [0.1, 0.15) is 17.7 Å². The second-order valence-electron chi connectivity index (χ2n) is 8.46. The van der Waals surface area contributed by atoms with Crippen molar-refractivity contribution in [2.45, 2.75) is 58.0 Å². The first-order valence-corrected chi connectivity index (χ1v) is 9.89. The van der Waals surface area contributed by atoms with Crippen molar-refractivity contribution in [2.24, 2.45) is 0 Å². The fourth-order valence-electron chi connectivity index (χ4n) is 3.75. The first-order valence-electron chi connectivity index (χ1n) is 9.89. The van der Waals surface area contributed by atoms with E-state index in [1.54, 1.807) is 31.7 Å². The maximum Gasteiger partial charge on any atom is 0.411 e. The van der Waals surface area contributed by atoms with E-state index in [0.29, 0.717) is 13.1 Å². The van der Waals surface area contributed by atoms with Crippen LogP contribution in [0.5, 0.6) is 0 Å². The third kappa shape index (κ3) is 4.58. The summed E-state index contributed by atoms with van der Waals surface area (Å²) in [5, 5.41) is 0. The minimum Gasteiger partial charge on any atom is -0.467 e. The molecule has 0 radical (unpaired) electrons. The number of hydrogen-bond donors (Lipinski definition) is 0. The number of carbonyl (C=O) groups excluding carboxylic acids is 3. The van der Waals surface area contributed by atoms with Crippen LogP contribution in [-0.2, 0) is 32.1 Å². The van der Waals surface area contributed by atoms with Crippen LogP contribution in [0.25, 0.3) is 6.08 Å². The Bertz CT molecular complexity index is 860. The van der Waals surface area contributed by atoms with Crippen molar-refractivity contribution in [3.05, 3.63) is 41.5 Å². The highest BCUT2D eigenvalue weighted by Crippen LogP contribution is 2.29. The zero-order valence-corrected chi connectivity index (χ0v) is 17.8. The van der Waals surface area contributed by atoms with E-state index in [4.69, 9.17) is 14.2 Å². The largest absolute Gasteiger partial charge is 0.467 e. The third-order valence-corrected chi connectivity index (χ3v) is 5.13. The minimum atomic E-state index is -0.856. The topological polar surface area (TPSA) is 85.4 Å². The van der Waals surface area contributed by atoms with Gasteiger partial charge >= 0.3 is 18.2 Å². The molecule has 0 bridgehead atoms. The van der Waals surface area contributed by atoms with Gasteiger partial charge in [0.05, 0.1) is 20.2 Å².